The highest BCUT2D eigenvalue weighted by Gasteiger charge is 2.49. The maximum atomic E-state index is 14.1. The number of thioether (sulfide) groups is 1. The molecule has 0 radical (unpaired) electrons. The maximum Gasteiger partial charge on any atom is 0.324 e. The minimum absolute atomic E-state index is 0.0804. The molecule has 1 aliphatic carbocycles. The van der Waals surface area contributed by atoms with Gasteiger partial charge >= 0.3 is 5.97 Å². The lowest BCUT2D eigenvalue weighted by Crippen LogP contribution is -2.60. The van der Waals surface area contributed by atoms with E-state index >= 15 is 0 Å². The number of allylic oxidation sites excluding steroid dienone is 2. The maximum absolute atomic E-state index is 14.1. The minimum Gasteiger partial charge on any atom is -0.464 e. The number of hydrogen-bond donors (Lipinski definition) is 3. The largest absolute Gasteiger partial charge is 0.464 e. The van der Waals surface area contributed by atoms with Crippen molar-refractivity contribution < 1.29 is 29.0 Å². The van der Waals surface area contributed by atoms with Crippen molar-refractivity contribution in [3.05, 3.63) is 53.4 Å². The molecule has 0 spiro atoms. The fraction of sp³-hybridized carbons (Fsp3) is 0.585. The number of esters is 1. The number of aromatic nitrogens is 1. The topological polar surface area (TPSA) is 147 Å². The molecule has 1 aromatic heterocycles. The predicted molar refractivity (Wildman–Crippen MR) is 214 cm³/mol. The second kappa shape index (κ2) is 16.5. The number of hydrazine groups is 1. The molecule has 13 heteroatoms. The molecule has 1 aromatic carbocycles. The Bertz CT molecular complexity index is 1870. The number of carbonyl (C=O) groups excluding carboxylic acids is 3. The van der Waals surface area contributed by atoms with E-state index in [-0.39, 0.29) is 61.3 Å². The van der Waals surface area contributed by atoms with Gasteiger partial charge in [0.05, 0.1) is 41.8 Å². The number of aliphatic imine (C=N–C) groups is 2. The van der Waals surface area contributed by atoms with Crippen LogP contribution in [0.5, 0.6) is 0 Å². The van der Waals surface area contributed by atoms with Crippen LogP contribution in [0, 0.1) is 23.2 Å². The first-order valence-corrected chi connectivity index (χ1v) is 20.2. The van der Waals surface area contributed by atoms with E-state index in [1.165, 1.54) is 5.01 Å². The average Bonchev–Trinajstić information content (AvgIpc) is 3.42. The number of hydrogen-bond acceptors (Lipinski definition) is 10. The molecule has 1 saturated heterocycles. The van der Waals surface area contributed by atoms with Crippen LogP contribution in [0.15, 0.2) is 46.5 Å². The van der Waals surface area contributed by atoms with E-state index in [1.807, 2.05) is 19.9 Å². The smallest absolute Gasteiger partial charge is 0.324 e. The zero-order chi connectivity index (χ0) is 38.9. The molecule has 3 N–H and O–H groups in total. The van der Waals surface area contributed by atoms with Gasteiger partial charge in [0.1, 0.15) is 12.1 Å². The van der Waals surface area contributed by atoms with Crippen molar-refractivity contribution in [2.75, 3.05) is 32.6 Å². The Hall–Kier alpha value is -3.78. The molecule has 1 saturated carbocycles. The van der Waals surface area contributed by atoms with Gasteiger partial charge in [-0.05, 0) is 68.2 Å². The molecule has 2 unspecified atom stereocenters. The van der Waals surface area contributed by atoms with Crippen LogP contribution >= 0.6 is 11.8 Å². The van der Waals surface area contributed by atoms with Crippen LogP contribution in [0.3, 0.4) is 0 Å². The summed E-state index contributed by atoms with van der Waals surface area (Å²) >= 11 is 1.61. The molecule has 2 fully saturated rings. The number of ether oxygens (including phenoxy) is 2. The monoisotopic (exact) mass is 760 g/mol. The molecule has 3 aliphatic heterocycles. The van der Waals surface area contributed by atoms with E-state index in [0.29, 0.717) is 43.8 Å². The highest BCUT2D eigenvalue weighted by Crippen LogP contribution is 2.46. The molecule has 12 nitrogen and oxygen atoms in total. The fourth-order valence-electron chi connectivity index (χ4n) is 8.12. The number of aliphatic hydroxyl groups excluding tert-OH is 1. The van der Waals surface area contributed by atoms with Crippen molar-refractivity contribution >= 4 is 57.3 Å². The van der Waals surface area contributed by atoms with Gasteiger partial charge in [-0.15, -0.1) is 11.8 Å². The number of nitrogens with one attached hydrogen (secondary N) is 2. The number of aliphatic hydroxyl groups is 1. The number of rotatable bonds is 9. The first kappa shape index (κ1) is 39.9. The quantitative estimate of drug-likeness (QED) is 0.179. The summed E-state index contributed by atoms with van der Waals surface area (Å²) in [6.45, 7) is 17.1. The molecule has 2 aromatic rings. The average molecular weight is 761 g/mol. The van der Waals surface area contributed by atoms with Crippen LogP contribution < -0.4 is 10.7 Å². The Labute approximate surface area is 322 Å². The van der Waals surface area contributed by atoms with Gasteiger partial charge in [-0.2, -0.15) is 0 Å². The molecule has 4 heterocycles. The summed E-state index contributed by atoms with van der Waals surface area (Å²) in [4.78, 5) is 51.1. The SMILES string of the molecule is C=C/C(=C(\N=CC)[C@H](C)OC)c1c2c3cc(ccc3n1CCO)C1CSC(=N1)C[C@H](NC(=O)C1[C@@H](C)[C@H]1C)C(=O)N1CCC[C@H](N1)C(=O)OCC(C)(C)C2. The molecular formula is C41H56N6O6S. The van der Waals surface area contributed by atoms with E-state index in [1.54, 1.807) is 25.1 Å². The molecule has 7 atom stereocenters. The zero-order valence-corrected chi connectivity index (χ0v) is 33.5. The highest BCUT2D eigenvalue weighted by molar-refractivity contribution is 8.14. The van der Waals surface area contributed by atoms with Gasteiger partial charge in [0.2, 0.25) is 5.91 Å². The van der Waals surface area contributed by atoms with Crippen molar-refractivity contribution in [3.8, 4) is 0 Å². The lowest BCUT2D eigenvalue weighted by atomic mass is 9.84. The van der Waals surface area contributed by atoms with E-state index in [9.17, 15) is 19.5 Å². The van der Waals surface area contributed by atoms with Gasteiger partial charge in [0.25, 0.3) is 5.91 Å². The lowest BCUT2D eigenvalue weighted by Gasteiger charge is -2.35. The van der Waals surface area contributed by atoms with Crippen LogP contribution in [0.2, 0.25) is 0 Å². The zero-order valence-electron chi connectivity index (χ0n) is 32.7. The summed E-state index contributed by atoms with van der Waals surface area (Å²) in [6.07, 6.45) is 5.15. The Balaban J connectivity index is 1.49. The van der Waals surface area contributed by atoms with Crippen molar-refractivity contribution in [1.29, 1.82) is 0 Å². The number of cyclic esters (lactones) is 1. The number of methoxy groups -OCH3 is 1. The number of fused-ring (bicyclic) bond motifs is 5. The Morgan fingerprint density at radius 1 is 1.30 bits per heavy atom. The van der Waals surface area contributed by atoms with Crippen LogP contribution in [0.1, 0.15) is 83.7 Å². The third-order valence-electron chi connectivity index (χ3n) is 11.5. The summed E-state index contributed by atoms with van der Waals surface area (Å²) in [6, 6.07) is 4.68. The third kappa shape index (κ3) is 8.10. The normalized spacial score (nSPS) is 28.3. The van der Waals surface area contributed by atoms with Crippen LogP contribution in [0.25, 0.3) is 16.5 Å². The Kier molecular flexibility index (Phi) is 12.2. The van der Waals surface area contributed by atoms with Crippen LogP contribution in [0.4, 0.5) is 0 Å². The summed E-state index contributed by atoms with van der Waals surface area (Å²) in [7, 11) is 1.65. The molecule has 292 valence electrons. The first-order valence-electron chi connectivity index (χ1n) is 19.2. The highest BCUT2D eigenvalue weighted by atomic mass is 32.2. The standard InChI is InChI=1S/C41H56N6O6S/c1-9-27(36(42-10-2)25(5)52-8)37-29-20-41(6,7)22-53-40(51)30-12-11-15-47(45-30)39(50)31(44-38(49)35-23(3)24(35)4)19-34-43-32(21-54-34)26-13-14-33(28(29)18-26)46(37)16-17-48/h9-10,13-14,18,23-25,30-32,35,45,48H,1,11-12,15-17,19-22H2,2-8H3,(H,44,49)/b36-27+,42-10?/t23-,24+,25-,30-,31-,32?,35?/m0/s1. The van der Waals surface area contributed by atoms with Gasteiger partial charge < -0.3 is 24.5 Å². The molecule has 54 heavy (non-hydrogen) atoms. The van der Waals surface area contributed by atoms with Crippen molar-refractivity contribution in [1.82, 2.24) is 20.3 Å². The van der Waals surface area contributed by atoms with Crippen LogP contribution in [-0.4, -0.2) is 94.5 Å². The number of benzene rings is 1. The number of carbonyl (C=O) groups is 3. The molecule has 4 aliphatic rings. The summed E-state index contributed by atoms with van der Waals surface area (Å²) < 4.78 is 13.9. The molecule has 2 amide bonds. The van der Waals surface area contributed by atoms with Crippen LogP contribution in [-0.2, 0) is 36.8 Å². The summed E-state index contributed by atoms with van der Waals surface area (Å²) in [5.41, 5.74) is 8.02. The fourth-order valence-corrected chi connectivity index (χ4v) is 9.23. The molecule has 6 rings (SSSR count). The lowest BCUT2D eigenvalue weighted by molar-refractivity contribution is -0.155. The Morgan fingerprint density at radius 3 is 2.72 bits per heavy atom. The van der Waals surface area contributed by atoms with Crippen molar-refractivity contribution in [2.24, 2.45) is 33.2 Å². The van der Waals surface area contributed by atoms with Crippen molar-refractivity contribution in [3.63, 3.8) is 0 Å². The van der Waals surface area contributed by atoms with Gasteiger partial charge in [0, 0.05) is 66.4 Å². The Morgan fingerprint density at radius 2 is 2.06 bits per heavy atom. The minimum atomic E-state index is -0.828. The van der Waals surface area contributed by atoms with E-state index in [0.717, 1.165) is 38.3 Å². The summed E-state index contributed by atoms with van der Waals surface area (Å²) in [5, 5.41) is 16.7. The van der Waals surface area contributed by atoms with Gasteiger partial charge in [-0.1, -0.05) is 46.4 Å². The van der Waals surface area contributed by atoms with Gasteiger partial charge in [-0.3, -0.25) is 29.4 Å². The summed E-state index contributed by atoms with van der Waals surface area (Å²) in [5.74, 6) is 0.276. The third-order valence-corrected chi connectivity index (χ3v) is 12.6. The second-order valence-corrected chi connectivity index (χ2v) is 17.0. The molecular weight excluding hydrogens is 705 g/mol. The van der Waals surface area contributed by atoms with E-state index in [2.05, 4.69) is 67.8 Å². The predicted octanol–water partition coefficient (Wildman–Crippen LogP) is 5.24. The molecule has 6 bridgehead atoms. The number of amides is 2. The second-order valence-electron chi connectivity index (χ2n) is 15.9. The first-order chi connectivity index (χ1) is 25.8. The van der Waals surface area contributed by atoms with Gasteiger partial charge in [-0.25, -0.2) is 5.43 Å². The van der Waals surface area contributed by atoms with E-state index < -0.39 is 23.5 Å². The number of nitrogens with zero attached hydrogens (tertiary/aromatic N) is 4. The van der Waals surface area contributed by atoms with E-state index in [4.69, 9.17) is 19.5 Å². The van der Waals surface area contributed by atoms with Crippen molar-refractivity contribution in [2.45, 2.75) is 98.0 Å². The van der Waals surface area contributed by atoms with Gasteiger partial charge in [0.15, 0.2) is 0 Å².